The first-order valence-electron chi connectivity index (χ1n) is 7.02. The van der Waals surface area contributed by atoms with E-state index in [1.54, 1.807) is 24.3 Å². The Morgan fingerprint density at radius 3 is 2.24 bits per heavy atom. The lowest BCUT2D eigenvalue weighted by Gasteiger charge is -2.11. The maximum absolute atomic E-state index is 12.3. The van der Waals surface area contributed by atoms with Gasteiger partial charge in [0.05, 0.1) is 18.4 Å². The molecule has 25 heavy (non-hydrogen) atoms. The summed E-state index contributed by atoms with van der Waals surface area (Å²) < 4.78 is 5.12. The Balaban J connectivity index is 2.22. The van der Waals surface area contributed by atoms with Crippen molar-refractivity contribution in [2.24, 2.45) is 16.1 Å². The van der Waals surface area contributed by atoms with E-state index >= 15 is 0 Å². The standard InChI is InChI=1S/C16H15N5O4/c1-25-13-8-11(16(23)24)6-7-12(13)19-15(22)10-4-2-9(3-5-10)14(20-17)21-18/h2-8,17H,18H2,1H3,(H,19,22)(H,23,24)/p+1/b20-17?,21-14-. The van der Waals surface area contributed by atoms with Crippen molar-refractivity contribution in [2.75, 3.05) is 12.4 Å². The molecular weight excluding hydrogens is 326 g/mol. The van der Waals surface area contributed by atoms with E-state index in [9.17, 15) is 9.59 Å². The minimum atomic E-state index is -1.09. The second kappa shape index (κ2) is 7.68. The molecule has 2 rings (SSSR count). The average molecular weight is 342 g/mol. The van der Waals surface area contributed by atoms with Crippen molar-refractivity contribution < 1.29 is 25.0 Å². The lowest BCUT2D eigenvalue weighted by Crippen LogP contribution is -2.27. The number of amides is 1. The summed E-state index contributed by atoms with van der Waals surface area (Å²) in [5.74, 6) is 4.06. The van der Waals surface area contributed by atoms with Gasteiger partial charge in [0.2, 0.25) is 5.84 Å². The monoisotopic (exact) mass is 342 g/mol. The summed E-state index contributed by atoms with van der Waals surface area (Å²) >= 11 is 0. The number of nitrogens with zero attached hydrogens (tertiary/aromatic N) is 2. The summed E-state index contributed by atoms with van der Waals surface area (Å²) in [6.45, 7) is 0. The second-order valence-electron chi connectivity index (χ2n) is 4.83. The number of benzene rings is 2. The largest absolute Gasteiger partial charge is 0.495 e. The molecule has 0 unspecified atom stereocenters. The zero-order valence-electron chi connectivity index (χ0n) is 13.3. The predicted molar refractivity (Wildman–Crippen MR) is 89.4 cm³/mol. The quantitative estimate of drug-likeness (QED) is 0.205. The normalized spacial score (nSPS) is 10.8. The molecule has 2 aromatic rings. The molecule has 0 aliphatic heterocycles. The van der Waals surface area contributed by atoms with Gasteiger partial charge in [-0.15, -0.1) is 0 Å². The molecule has 0 saturated carbocycles. The number of anilines is 1. The molecule has 0 saturated heterocycles. The van der Waals surface area contributed by atoms with Crippen molar-refractivity contribution in [3.8, 4) is 5.75 Å². The summed E-state index contributed by atoms with van der Waals surface area (Å²) in [6.07, 6.45) is 0. The Labute approximate surface area is 142 Å². The van der Waals surface area contributed by atoms with E-state index in [1.807, 2.05) is 0 Å². The first kappa shape index (κ1) is 17.6. The number of carboxylic acid groups (broad SMARTS) is 1. The molecule has 0 radical (unpaired) electrons. The Morgan fingerprint density at radius 2 is 1.72 bits per heavy atom. The summed E-state index contributed by atoms with van der Waals surface area (Å²) in [6, 6.07) is 10.5. The van der Waals surface area contributed by atoms with Crippen molar-refractivity contribution in [1.29, 1.82) is 0 Å². The minimum Gasteiger partial charge on any atom is -0.495 e. The fourth-order valence-electron chi connectivity index (χ4n) is 2.08. The molecule has 0 bridgehead atoms. The third kappa shape index (κ3) is 3.96. The molecule has 0 spiro atoms. The molecule has 1 amide bonds. The third-order valence-corrected chi connectivity index (χ3v) is 3.35. The average Bonchev–Trinajstić information content (AvgIpc) is 2.63. The molecule has 9 heteroatoms. The number of hydrogen-bond donors (Lipinski definition) is 4. The first-order valence-corrected chi connectivity index (χ1v) is 7.02. The molecule has 0 heterocycles. The van der Waals surface area contributed by atoms with Crippen molar-refractivity contribution >= 4 is 23.4 Å². The molecule has 0 aromatic heterocycles. The molecule has 9 nitrogen and oxygen atoms in total. The lowest BCUT2D eigenvalue weighted by atomic mass is 10.1. The number of amidine groups is 1. The van der Waals surface area contributed by atoms with Gasteiger partial charge in [-0.25, -0.2) is 4.79 Å². The van der Waals surface area contributed by atoms with Crippen molar-refractivity contribution in [1.82, 2.24) is 0 Å². The number of hydrogen-bond acceptors (Lipinski definition) is 5. The summed E-state index contributed by atoms with van der Waals surface area (Å²) in [4.78, 5) is 23.3. The van der Waals surface area contributed by atoms with E-state index in [0.29, 0.717) is 16.8 Å². The number of carbonyl (C=O) groups is 2. The minimum absolute atomic E-state index is 0.0540. The summed E-state index contributed by atoms with van der Waals surface area (Å²) in [7, 11) is 1.38. The highest BCUT2D eigenvalue weighted by Gasteiger charge is 2.13. The second-order valence-corrected chi connectivity index (χ2v) is 4.83. The smallest absolute Gasteiger partial charge is 0.335 e. The van der Waals surface area contributed by atoms with Gasteiger partial charge >= 0.3 is 5.97 Å². The van der Waals surface area contributed by atoms with E-state index in [4.69, 9.17) is 21.2 Å². The van der Waals surface area contributed by atoms with Gasteiger partial charge in [-0.3, -0.25) is 4.79 Å². The van der Waals surface area contributed by atoms with Gasteiger partial charge in [-0.1, -0.05) is 12.1 Å². The van der Waals surface area contributed by atoms with Gasteiger partial charge < -0.3 is 21.0 Å². The molecule has 0 aliphatic rings. The molecule has 2 aromatic carbocycles. The van der Waals surface area contributed by atoms with Crippen LogP contribution in [0.25, 0.3) is 0 Å². The topological polar surface area (TPSA) is 152 Å². The van der Waals surface area contributed by atoms with E-state index < -0.39 is 11.9 Å². The third-order valence-electron chi connectivity index (χ3n) is 3.35. The van der Waals surface area contributed by atoms with Crippen LogP contribution in [0.15, 0.2) is 52.7 Å². The lowest BCUT2D eigenvalue weighted by molar-refractivity contribution is -0.206. The van der Waals surface area contributed by atoms with Crippen molar-refractivity contribution in [3.63, 3.8) is 0 Å². The first-order chi connectivity index (χ1) is 12.0. The number of rotatable bonds is 5. The Bertz CT molecular complexity index is 846. The maximum atomic E-state index is 12.3. The number of nitrogens with two attached hydrogens (primary N) is 2. The van der Waals surface area contributed by atoms with Gasteiger partial charge in [-0.2, -0.15) is 10.6 Å². The van der Waals surface area contributed by atoms with Gasteiger partial charge in [0.15, 0.2) is 0 Å². The van der Waals surface area contributed by atoms with E-state index in [-0.39, 0.29) is 17.1 Å². The molecule has 6 N–H and O–H groups in total. The van der Waals surface area contributed by atoms with E-state index in [0.717, 1.165) is 0 Å². The van der Waals surface area contributed by atoms with Crippen LogP contribution in [-0.2, 0) is 0 Å². The van der Waals surface area contributed by atoms with Crippen LogP contribution in [0.4, 0.5) is 5.69 Å². The van der Waals surface area contributed by atoms with Gasteiger partial charge in [0, 0.05) is 16.2 Å². The highest BCUT2D eigenvalue weighted by atomic mass is 16.5. The molecule has 0 atom stereocenters. The number of ether oxygens (including phenoxy) is 1. The molecule has 0 fully saturated rings. The molecular formula is C16H16N5O4+. The van der Waals surface area contributed by atoms with Crippen molar-refractivity contribution in [3.05, 3.63) is 59.2 Å². The van der Waals surface area contributed by atoms with E-state index in [2.05, 4.69) is 15.5 Å². The van der Waals surface area contributed by atoms with Crippen LogP contribution in [0.2, 0.25) is 0 Å². The number of methoxy groups -OCH3 is 1. The Morgan fingerprint density at radius 1 is 1.12 bits per heavy atom. The Hall–Kier alpha value is -3.75. The van der Waals surface area contributed by atoms with Crippen LogP contribution in [0, 0.1) is 0 Å². The van der Waals surface area contributed by atoms with Crippen LogP contribution in [0.5, 0.6) is 5.75 Å². The van der Waals surface area contributed by atoms with Crippen LogP contribution in [-0.4, -0.2) is 29.9 Å². The zero-order chi connectivity index (χ0) is 18.4. The number of carbonyl (C=O) groups excluding carboxylic acids is 1. The van der Waals surface area contributed by atoms with Crippen LogP contribution < -0.4 is 21.4 Å². The summed E-state index contributed by atoms with van der Waals surface area (Å²) in [5.41, 5.74) is 6.49. The number of nitrogens with one attached hydrogen (secondary N) is 1. The highest BCUT2D eigenvalue weighted by molar-refractivity contribution is 6.06. The number of aromatic carboxylic acids is 1. The fourth-order valence-corrected chi connectivity index (χ4v) is 2.08. The number of hydrazone groups is 1. The van der Waals surface area contributed by atoms with Gasteiger partial charge in [-0.05, 0) is 30.3 Å². The van der Waals surface area contributed by atoms with Crippen LogP contribution >= 0.6 is 0 Å². The molecule has 0 aliphatic carbocycles. The van der Waals surface area contributed by atoms with Gasteiger partial charge in [0.1, 0.15) is 5.75 Å². The summed E-state index contributed by atoms with van der Waals surface area (Å²) in [5, 5.41) is 18.5. The highest BCUT2D eigenvalue weighted by Crippen LogP contribution is 2.26. The number of carboxylic acids is 1. The fraction of sp³-hybridized carbons (Fsp3) is 0.0625. The maximum Gasteiger partial charge on any atom is 0.335 e. The SMILES string of the molecule is COc1cc(C(=O)O)ccc1NC(=O)c1ccc(/C(N=[NH2+])=N/N)cc1. The van der Waals surface area contributed by atoms with Crippen LogP contribution in [0.3, 0.4) is 0 Å². The Kier molecular flexibility index (Phi) is 5.41. The predicted octanol–water partition coefficient (Wildman–Crippen LogP) is 0.477. The van der Waals surface area contributed by atoms with E-state index in [1.165, 1.54) is 25.3 Å². The van der Waals surface area contributed by atoms with Crippen molar-refractivity contribution in [2.45, 2.75) is 0 Å². The zero-order valence-corrected chi connectivity index (χ0v) is 13.3. The van der Waals surface area contributed by atoms with Crippen LogP contribution in [0.1, 0.15) is 26.3 Å². The molecule has 128 valence electrons. The van der Waals surface area contributed by atoms with Gasteiger partial charge in [0.25, 0.3) is 5.91 Å².